The van der Waals surface area contributed by atoms with Crippen LogP contribution in [0.5, 0.6) is 0 Å². The summed E-state index contributed by atoms with van der Waals surface area (Å²) in [6.45, 7) is 8.42. The zero-order valence-electron chi connectivity index (χ0n) is 7.46. The van der Waals surface area contributed by atoms with Gasteiger partial charge in [0.2, 0.25) is 0 Å². The second-order valence-electron chi connectivity index (χ2n) is 3.64. The molecule has 10 heavy (non-hydrogen) atoms. The Morgan fingerprint density at radius 1 is 0.700 bits per heavy atom. The summed E-state index contributed by atoms with van der Waals surface area (Å²) in [6.07, 6.45) is 0. The van der Waals surface area contributed by atoms with Crippen LogP contribution >= 0.6 is 0 Å². The normalized spacial score (nSPS) is 18.0. The van der Waals surface area contributed by atoms with Crippen molar-refractivity contribution >= 4 is 0 Å². The molecule has 0 fully saturated rings. The molecule has 4 N–H and O–H groups in total. The van der Waals surface area contributed by atoms with Gasteiger partial charge in [0, 0.05) is 12.1 Å². The van der Waals surface area contributed by atoms with Gasteiger partial charge in [-0.1, -0.05) is 27.7 Å². The summed E-state index contributed by atoms with van der Waals surface area (Å²) >= 11 is 0. The van der Waals surface area contributed by atoms with E-state index in [1.165, 1.54) is 0 Å². The van der Waals surface area contributed by atoms with Gasteiger partial charge < -0.3 is 11.5 Å². The number of hydrogen-bond donors (Lipinski definition) is 2. The molecule has 0 aliphatic carbocycles. The van der Waals surface area contributed by atoms with Gasteiger partial charge >= 0.3 is 0 Å². The average molecular weight is 144 g/mol. The molecule has 0 spiro atoms. The Kier molecular flexibility index (Phi) is 3.91. The lowest BCUT2D eigenvalue weighted by atomic mass is 9.90. The first-order valence-corrected chi connectivity index (χ1v) is 3.98. The molecule has 0 rings (SSSR count). The predicted molar refractivity (Wildman–Crippen MR) is 45.6 cm³/mol. The van der Waals surface area contributed by atoms with E-state index >= 15 is 0 Å². The van der Waals surface area contributed by atoms with E-state index in [0.29, 0.717) is 11.8 Å². The van der Waals surface area contributed by atoms with E-state index in [2.05, 4.69) is 27.7 Å². The van der Waals surface area contributed by atoms with Crippen molar-refractivity contribution < 1.29 is 0 Å². The van der Waals surface area contributed by atoms with Crippen LogP contribution in [-0.4, -0.2) is 12.1 Å². The lowest BCUT2D eigenvalue weighted by Gasteiger charge is -2.26. The van der Waals surface area contributed by atoms with Crippen molar-refractivity contribution in [3.8, 4) is 0 Å². The molecule has 2 atom stereocenters. The summed E-state index contributed by atoms with van der Waals surface area (Å²) in [5.74, 6) is 0.967. The standard InChI is InChI=1S/C8H20N2/c1-5(2)7(9)8(10)6(3)4/h5-8H,9-10H2,1-4H3. The predicted octanol–water partition coefficient (Wildman–Crippen LogP) is 0.953. The first-order chi connectivity index (χ1) is 4.46. The summed E-state index contributed by atoms with van der Waals surface area (Å²) < 4.78 is 0. The molecule has 0 aromatic rings. The number of hydrogen-bond acceptors (Lipinski definition) is 2. The second kappa shape index (κ2) is 3.94. The number of nitrogens with two attached hydrogens (primary N) is 2. The molecule has 2 unspecified atom stereocenters. The van der Waals surface area contributed by atoms with Gasteiger partial charge in [-0.25, -0.2) is 0 Å². The maximum Gasteiger partial charge on any atom is 0.0218 e. The van der Waals surface area contributed by atoms with E-state index in [-0.39, 0.29) is 12.1 Å². The molecule has 0 aromatic heterocycles. The molecule has 0 aliphatic rings. The summed E-state index contributed by atoms with van der Waals surface area (Å²) in [5.41, 5.74) is 11.7. The Balaban J connectivity index is 3.81. The largest absolute Gasteiger partial charge is 0.326 e. The van der Waals surface area contributed by atoms with Crippen LogP contribution in [-0.2, 0) is 0 Å². The Labute approximate surface area is 64.0 Å². The minimum Gasteiger partial charge on any atom is -0.326 e. The summed E-state index contributed by atoms with van der Waals surface area (Å²) in [4.78, 5) is 0. The Hall–Kier alpha value is -0.0800. The highest BCUT2D eigenvalue weighted by Crippen LogP contribution is 2.08. The van der Waals surface area contributed by atoms with Crippen molar-refractivity contribution in [3.63, 3.8) is 0 Å². The molecular weight excluding hydrogens is 124 g/mol. The third-order valence-electron chi connectivity index (χ3n) is 1.98. The molecule has 0 bridgehead atoms. The van der Waals surface area contributed by atoms with E-state index < -0.39 is 0 Å². The molecule has 0 saturated heterocycles. The smallest absolute Gasteiger partial charge is 0.0218 e. The van der Waals surface area contributed by atoms with Crippen molar-refractivity contribution in [2.24, 2.45) is 23.3 Å². The molecule has 0 amide bonds. The van der Waals surface area contributed by atoms with Crippen molar-refractivity contribution in [2.45, 2.75) is 39.8 Å². The molecule has 0 aromatic carbocycles. The summed E-state index contributed by atoms with van der Waals surface area (Å²) in [7, 11) is 0. The molecule has 0 heterocycles. The Morgan fingerprint density at radius 3 is 1.00 bits per heavy atom. The minimum absolute atomic E-state index is 0.139. The molecular formula is C8H20N2. The summed E-state index contributed by atoms with van der Waals surface area (Å²) in [5, 5.41) is 0. The fourth-order valence-electron chi connectivity index (χ4n) is 0.889. The molecule has 62 valence electrons. The molecule has 2 nitrogen and oxygen atoms in total. The first kappa shape index (κ1) is 9.92. The van der Waals surface area contributed by atoms with Gasteiger partial charge in [-0.2, -0.15) is 0 Å². The fraction of sp³-hybridized carbons (Fsp3) is 1.00. The first-order valence-electron chi connectivity index (χ1n) is 3.98. The van der Waals surface area contributed by atoms with Crippen LogP contribution in [0, 0.1) is 11.8 Å². The van der Waals surface area contributed by atoms with Crippen LogP contribution in [0.25, 0.3) is 0 Å². The van der Waals surface area contributed by atoms with Gasteiger partial charge in [-0.15, -0.1) is 0 Å². The Morgan fingerprint density at radius 2 is 0.900 bits per heavy atom. The SMILES string of the molecule is CC(C)C(N)C(N)C(C)C. The van der Waals surface area contributed by atoms with E-state index in [1.54, 1.807) is 0 Å². The van der Waals surface area contributed by atoms with E-state index in [1.807, 2.05) is 0 Å². The van der Waals surface area contributed by atoms with Crippen LogP contribution in [0.3, 0.4) is 0 Å². The third kappa shape index (κ3) is 2.67. The lowest BCUT2D eigenvalue weighted by Crippen LogP contribution is -2.47. The zero-order valence-corrected chi connectivity index (χ0v) is 7.46. The van der Waals surface area contributed by atoms with Gasteiger partial charge in [0.05, 0.1) is 0 Å². The molecule has 2 heteroatoms. The lowest BCUT2D eigenvalue weighted by molar-refractivity contribution is 0.348. The average Bonchev–Trinajstić information content (AvgIpc) is 1.84. The van der Waals surface area contributed by atoms with E-state index in [0.717, 1.165) is 0 Å². The van der Waals surface area contributed by atoms with Gasteiger partial charge in [0.1, 0.15) is 0 Å². The highest BCUT2D eigenvalue weighted by Gasteiger charge is 2.18. The zero-order chi connectivity index (χ0) is 8.31. The topological polar surface area (TPSA) is 52.0 Å². The molecule has 0 radical (unpaired) electrons. The quantitative estimate of drug-likeness (QED) is 0.619. The maximum atomic E-state index is 5.84. The monoisotopic (exact) mass is 144 g/mol. The second-order valence-corrected chi connectivity index (χ2v) is 3.64. The molecule has 0 aliphatic heterocycles. The highest BCUT2D eigenvalue weighted by atomic mass is 14.8. The minimum atomic E-state index is 0.139. The van der Waals surface area contributed by atoms with Gasteiger partial charge in [-0.05, 0) is 11.8 Å². The van der Waals surface area contributed by atoms with Crippen molar-refractivity contribution in [1.29, 1.82) is 0 Å². The van der Waals surface area contributed by atoms with Gasteiger partial charge in [0.25, 0.3) is 0 Å². The molecule has 0 saturated carbocycles. The highest BCUT2D eigenvalue weighted by molar-refractivity contribution is 4.80. The third-order valence-corrected chi connectivity index (χ3v) is 1.98. The van der Waals surface area contributed by atoms with Gasteiger partial charge in [-0.3, -0.25) is 0 Å². The van der Waals surface area contributed by atoms with Crippen molar-refractivity contribution in [3.05, 3.63) is 0 Å². The van der Waals surface area contributed by atoms with Gasteiger partial charge in [0.15, 0.2) is 0 Å². The summed E-state index contributed by atoms with van der Waals surface area (Å²) in [6, 6.07) is 0.278. The van der Waals surface area contributed by atoms with Crippen LogP contribution in [0.2, 0.25) is 0 Å². The Bertz CT molecular complexity index is 77.3. The van der Waals surface area contributed by atoms with Crippen LogP contribution in [0.15, 0.2) is 0 Å². The maximum absolute atomic E-state index is 5.84. The fourth-order valence-corrected chi connectivity index (χ4v) is 0.889. The number of rotatable bonds is 3. The van der Waals surface area contributed by atoms with Crippen molar-refractivity contribution in [1.82, 2.24) is 0 Å². The van der Waals surface area contributed by atoms with Crippen LogP contribution < -0.4 is 11.5 Å². The van der Waals surface area contributed by atoms with Crippen LogP contribution in [0.1, 0.15) is 27.7 Å². The van der Waals surface area contributed by atoms with Crippen LogP contribution in [0.4, 0.5) is 0 Å². The van der Waals surface area contributed by atoms with E-state index in [9.17, 15) is 0 Å². The van der Waals surface area contributed by atoms with Crippen molar-refractivity contribution in [2.75, 3.05) is 0 Å². The van der Waals surface area contributed by atoms with E-state index in [4.69, 9.17) is 11.5 Å².